The Labute approximate surface area is 150 Å². The second kappa shape index (κ2) is 10.4. The summed E-state index contributed by atoms with van der Waals surface area (Å²) in [6.07, 6.45) is 1.82. The molecule has 1 heterocycles. The first-order valence-electron chi connectivity index (χ1n) is 8.56. The minimum atomic E-state index is -0.0488. The summed E-state index contributed by atoms with van der Waals surface area (Å²) in [4.78, 5) is 12.4. The zero-order valence-electron chi connectivity index (χ0n) is 14.8. The molecule has 1 saturated heterocycles. The van der Waals surface area contributed by atoms with Gasteiger partial charge in [0, 0.05) is 5.92 Å². The topological polar surface area (TPSA) is 59.6 Å². The van der Waals surface area contributed by atoms with Gasteiger partial charge in [0.15, 0.2) is 11.5 Å². The van der Waals surface area contributed by atoms with Gasteiger partial charge in [-0.2, -0.15) is 0 Å². The van der Waals surface area contributed by atoms with Crippen molar-refractivity contribution < 1.29 is 14.3 Å². The van der Waals surface area contributed by atoms with Crippen LogP contribution in [0.1, 0.15) is 45.2 Å². The van der Waals surface area contributed by atoms with Gasteiger partial charge in [-0.15, -0.1) is 12.4 Å². The number of carbonyl (C=O) groups is 1. The Kier molecular flexibility index (Phi) is 8.93. The maximum Gasteiger partial charge on any atom is 0.223 e. The number of rotatable bonds is 7. The molecule has 0 spiro atoms. The highest BCUT2D eigenvalue weighted by Gasteiger charge is 2.22. The predicted molar refractivity (Wildman–Crippen MR) is 98.2 cm³/mol. The Morgan fingerprint density at radius 1 is 1.21 bits per heavy atom. The fourth-order valence-corrected chi connectivity index (χ4v) is 2.84. The maximum absolute atomic E-state index is 12.4. The lowest BCUT2D eigenvalue weighted by atomic mass is 9.96. The molecule has 24 heavy (non-hydrogen) atoms. The Morgan fingerprint density at radius 2 is 1.83 bits per heavy atom. The first-order chi connectivity index (χ1) is 11.2. The number of hydrogen-bond donors (Lipinski definition) is 2. The second-order valence-electron chi connectivity index (χ2n) is 5.83. The molecule has 1 fully saturated rings. The van der Waals surface area contributed by atoms with Crippen LogP contribution in [-0.2, 0) is 4.79 Å². The first kappa shape index (κ1) is 20.6. The number of ether oxygens (including phenoxy) is 2. The lowest BCUT2D eigenvalue weighted by molar-refractivity contribution is -0.126. The highest BCUT2D eigenvalue weighted by Crippen LogP contribution is 2.31. The molecule has 1 amide bonds. The van der Waals surface area contributed by atoms with E-state index in [2.05, 4.69) is 10.6 Å². The lowest BCUT2D eigenvalue weighted by Crippen LogP contribution is -2.39. The number of amides is 1. The van der Waals surface area contributed by atoms with E-state index in [0.717, 1.165) is 43.0 Å². The van der Waals surface area contributed by atoms with Crippen molar-refractivity contribution in [3.05, 3.63) is 23.8 Å². The van der Waals surface area contributed by atoms with E-state index in [1.807, 2.05) is 39.0 Å². The van der Waals surface area contributed by atoms with Gasteiger partial charge in [-0.05, 0) is 64.4 Å². The van der Waals surface area contributed by atoms with E-state index < -0.39 is 0 Å². The molecule has 5 nitrogen and oxygen atoms in total. The molecular weight excluding hydrogens is 328 g/mol. The van der Waals surface area contributed by atoms with Crippen molar-refractivity contribution in [3.8, 4) is 11.5 Å². The fourth-order valence-electron chi connectivity index (χ4n) is 2.84. The van der Waals surface area contributed by atoms with Crippen LogP contribution in [0.5, 0.6) is 11.5 Å². The molecule has 1 aliphatic heterocycles. The molecule has 1 aromatic carbocycles. The zero-order valence-corrected chi connectivity index (χ0v) is 15.6. The van der Waals surface area contributed by atoms with E-state index >= 15 is 0 Å². The van der Waals surface area contributed by atoms with Crippen LogP contribution in [0.2, 0.25) is 0 Å². The molecule has 2 rings (SSSR count). The highest BCUT2D eigenvalue weighted by molar-refractivity contribution is 5.85. The largest absolute Gasteiger partial charge is 0.490 e. The van der Waals surface area contributed by atoms with Gasteiger partial charge < -0.3 is 20.1 Å². The normalized spacial score (nSPS) is 16.0. The van der Waals surface area contributed by atoms with Gasteiger partial charge in [0.05, 0.1) is 19.3 Å². The molecule has 1 unspecified atom stereocenters. The number of nitrogens with one attached hydrogen (secondary N) is 2. The molecule has 136 valence electrons. The van der Waals surface area contributed by atoms with Crippen LogP contribution in [0.4, 0.5) is 0 Å². The van der Waals surface area contributed by atoms with Gasteiger partial charge in [0.1, 0.15) is 0 Å². The summed E-state index contributed by atoms with van der Waals surface area (Å²) in [5.41, 5.74) is 1.03. The van der Waals surface area contributed by atoms with Crippen molar-refractivity contribution in [2.75, 3.05) is 26.3 Å². The minimum Gasteiger partial charge on any atom is -0.490 e. The van der Waals surface area contributed by atoms with E-state index in [1.165, 1.54) is 0 Å². The molecule has 0 aromatic heterocycles. The molecule has 6 heteroatoms. The molecule has 0 radical (unpaired) electrons. The Hall–Kier alpha value is -1.46. The molecule has 0 aliphatic carbocycles. The fraction of sp³-hybridized carbons (Fsp3) is 0.611. The third-order valence-electron chi connectivity index (χ3n) is 4.14. The van der Waals surface area contributed by atoms with Crippen LogP contribution >= 0.6 is 12.4 Å². The summed E-state index contributed by atoms with van der Waals surface area (Å²) >= 11 is 0. The SMILES string of the molecule is CCOc1ccc(C(C)NC(=O)C2CCNCC2)cc1OCC.Cl. The average molecular weight is 357 g/mol. The van der Waals surface area contributed by atoms with Gasteiger partial charge in [0.25, 0.3) is 0 Å². The molecule has 2 N–H and O–H groups in total. The third-order valence-corrected chi connectivity index (χ3v) is 4.14. The van der Waals surface area contributed by atoms with Crippen LogP contribution in [0.3, 0.4) is 0 Å². The Bertz CT molecular complexity index is 519. The summed E-state index contributed by atoms with van der Waals surface area (Å²) in [7, 11) is 0. The van der Waals surface area contributed by atoms with Crippen LogP contribution in [0, 0.1) is 5.92 Å². The van der Waals surface area contributed by atoms with Crippen molar-refractivity contribution in [3.63, 3.8) is 0 Å². The lowest BCUT2D eigenvalue weighted by Gasteiger charge is -2.24. The van der Waals surface area contributed by atoms with E-state index in [1.54, 1.807) is 0 Å². The van der Waals surface area contributed by atoms with E-state index in [9.17, 15) is 4.79 Å². The predicted octanol–water partition coefficient (Wildman–Crippen LogP) is 3.08. The van der Waals surface area contributed by atoms with E-state index in [-0.39, 0.29) is 30.3 Å². The summed E-state index contributed by atoms with van der Waals surface area (Å²) < 4.78 is 11.2. The number of hydrogen-bond acceptors (Lipinski definition) is 4. The van der Waals surface area contributed by atoms with Gasteiger partial charge >= 0.3 is 0 Å². The van der Waals surface area contributed by atoms with E-state index in [0.29, 0.717) is 13.2 Å². The molecule has 1 aromatic rings. The van der Waals surface area contributed by atoms with Gasteiger partial charge in [-0.25, -0.2) is 0 Å². The molecule has 1 atom stereocenters. The van der Waals surface area contributed by atoms with Crippen molar-refractivity contribution in [1.29, 1.82) is 0 Å². The number of piperidine rings is 1. The Balaban J connectivity index is 0.00000288. The van der Waals surface area contributed by atoms with Crippen LogP contribution in [0.15, 0.2) is 18.2 Å². The van der Waals surface area contributed by atoms with Crippen molar-refractivity contribution in [2.45, 2.75) is 39.7 Å². The number of halogens is 1. The molecular formula is C18H29ClN2O3. The summed E-state index contributed by atoms with van der Waals surface area (Å²) in [5, 5.41) is 6.41. The summed E-state index contributed by atoms with van der Waals surface area (Å²) in [6, 6.07) is 5.81. The quantitative estimate of drug-likeness (QED) is 0.788. The molecule has 0 bridgehead atoms. The zero-order chi connectivity index (χ0) is 16.7. The van der Waals surface area contributed by atoms with E-state index in [4.69, 9.17) is 9.47 Å². The smallest absolute Gasteiger partial charge is 0.223 e. The monoisotopic (exact) mass is 356 g/mol. The molecule has 1 aliphatic rings. The standard InChI is InChI=1S/C18H28N2O3.ClH/c1-4-22-16-7-6-15(12-17(16)23-5-2)13(3)20-18(21)14-8-10-19-11-9-14;/h6-7,12-14,19H,4-5,8-11H2,1-3H3,(H,20,21);1H. The van der Waals surface area contributed by atoms with Gasteiger partial charge in [-0.1, -0.05) is 6.07 Å². The average Bonchev–Trinajstić information content (AvgIpc) is 2.57. The number of benzene rings is 1. The number of carbonyl (C=O) groups excluding carboxylic acids is 1. The van der Waals surface area contributed by atoms with Gasteiger partial charge in [0.2, 0.25) is 5.91 Å². The Morgan fingerprint density at radius 3 is 2.46 bits per heavy atom. The maximum atomic E-state index is 12.4. The first-order valence-corrected chi connectivity index (χ1v) is 8.56. The van der Waals surface area contributed by atoms with Crippen molar-refractivity contribution in [1.82, 2.24) is 10.6 Å². The van der Waals surface area contributed by atoms with Crippen molar-refractivity contribution in [2.24, 2.45) is 5.92 Å². The minimum absolute atomic E-state index is 0. The van der Waals surface area contributed by atoms with Crippen LogP contribution in [0.25, 0.3) is 0 Å². The second-order valence-corrected chi connectivity index (χ2v) is 5.83. The van der Waals surface area contributed by atoms with Crippen LogP contribution in [-0.4, -0.2) is 32.2 Å². The van der Waals surface area contributed by atoms with Crippen LogP contribution < -0.4 is 20.1 Å². The summed E-state index contributed by atoms with van der Waals surface area (Å²) in [6.45, 7) is 8.93. The highest BCUT2D eigenvalue weighted by atomic mass is 35.5. The third kappa shape index (κ3) is 5.56. The molecule has 0 saturated carbocycles. The summed E-state index contributed by atoms with van der Waals surface area (Å²) in [5.74, 6) is 1.74. The van der Waals surface area contributed by atoms with Crippen molar-refractivity contribution >= 4 is 18.3 Å². The van der Waals surface area contributed by atoms with Gasteiger partial charge in [-0.3, -0.25) is 4.79 Å².